The van der Waals surface area contributed by atoms with Gasteiger partial charge >= 0.3 is 0 Å². The molecular formula is C19H22N4O3. The number of oxazole rings is 2. The van der Waals surface area contributed by atoms with Crippen LogP contribution in [0.25, 0.3) is 22.6 Å². The van der Waals surface area contributed by atoms with Crippen molar-refractivity contribution in [2.75, 3.05) is 18.0 Å². The molecule has 7 heteroatoms. The van der Waals surface area contributed by atoms with Crippen LogP contribution in [0.15, 0.2) is 33.4 Å². The lowest BCUT2D eigenvalue weighted by atomic mass is 9.62. The zero-order valence-electron chi connectivity index (χ0n) is 15.1. The van der Waals surface area contributed by atoms with E-state index < -0.39 is 0 Å². The highest BCUT2D eigenvalue weighted by molar-refractivity contribution is 5.92. The van der Waals surface area contributed by atoms with Gasteiger partial charge in [0.1, 0.15) is 12.0 Å². The molecule has 3 saturated heterocycles. The Kier molecular flexibility index (Phi) is 3.02. The van der Waals surface area contributed by atoms with Crippen LogP contribution >= 0.6 is 0 Å². The minimum absolute atomic E-state index is 0.0595. The molecule has 2 N–H and O–H groups in total. The van der Waals surface area contributed by atoms with Crippen molar-refractivity contribution in [2.45, 2.75) is 38.8 Å². The van der Waals surface area contributed by atoms with Gasteiger partial charge in [-0.05, 0) is 24.0 Å². The molecule has 0 amide bonds. The normalized spacial score (nSPS) is 25.5. The molecule has 3 aromatic rings. The standard InChI is InChI=1S/C19H22N4O3/c1-18(2,3)19-8-11(22-19)9-23(10-19)17-21-14-13(24)5-4-12(15(14)26-17)16-20-6-7-25-16/h4-7,11,22,24H,8-10H2,1-3H3. The topological polar surface area (TPSA) is 87.6 Å². The van der Waals surface area contributed by atoms with Crippen LogP contribution in [0, 0.1) is 5.41 Å². The summed E-state index contributed by atoms with van der Waals surface area (Å²) in [4.78, 5) is 11.0. The molecule has 0 radical (unpaired) electrons. The second-order valence-corrected chi connectivity index (χ2v) is 8.40. The SMILES string of the molecule is CC(C)(C)C12CC(CN(c3nc4c(O)ccc(-c5ncco5)c4o3)C1)N2. The number of benzene rings is 1. The van der Waals surface area contributed by atoms with E-state index in [1.54, 1.807) is 18.3 Å². The molecular weight excluding hydrogens is 332 g/mol. The third-order valence-corrected chi connectivity index (χ3v) is 5.86. The van der Waals surface area contributed by atoms with Gasteiger partial charge in [-0.1, -0.05) is 20.8 Å². The lowest BCUT2D eigenvalue weighted by Gasteiger charge is -2.62. The molecule has 3 aliphatic heterocycles. The predicted octanol–water partition coefficient (Wildman–Crippen LogP) is 3.16. The van der Waals surface area contributed by atoms with Crippen LogP contribution in [-0.4, -0.2) is 39.7 Å². The molecule has 5 heterocycles. The molecule has 0 saturated carbocycles. The number of piperidine rings is 1. The fourth-order valence-corrected chi connectivity index (χ4v) is 4.21. The largest absolute Gasteiger partial charge is 0.506 e. The number of piperazine rings is 1. The van der Waals surface area contributed by atoms with Crippen LogP contribution in [0.2, 0.25) is 0 Å². The van der Waals surface area contributed by atoms with Gasteiger partial charge in [0.25, 0.3) is 6.01 Å². The van der Waals surface area contributed by atoms with E-state index in [4.69, 9.17) is 8.83 Å². The smallest absolute Gasteiger partial charge is 0.298 e. The summed E-state index contributed by atoms with van der Waals surface area (Å²) in [7, 11) is 0. The number of hydrogen-bond acceptors (Lipinski definition) is 7. The summed E-state index contributed by atoms with van der Waals surface area (Å²) >= 11 is 0. The molecule has 26 heavy (non-hydrogen) atoms. The minimum Gasteiger partial charge on any atom is -0.506 e. The van der Waals surface area contributed by atoms with Crippen molar-refractivity contribution in [3.05, 3.63) is 24.6 Å². The fraction of sp³-hybridized carbons (Fsp3) is 0.474. The second-order valence-electron chi connectivity index (χ2n) is 8.40. The number of anilines is 1. The summed E-state index contributed by atoms with van der Waals surface area (Å²) in [5.41, 5.74) is 1.82. The number of aromatic nitrogens is 2. The van der Waals surface area contributed by atoms with Crippen molar-refractivity contribution in [1.29, 1.82) is 0 Å². The van der Waals surface area contributed by atoms with E-state index >= 15 is 0 Å². The number of rotatable bonds is 2. The van der Waals surface area contributed by atoms with E-state index in [2.05, 4.69) is 41.0 Å². The number of phenolic OH excluding ortho intramolecular Hbond substituents is 1. The van der Waals surface area contributed by atoms with Crippen LogP contribution in [-0.2, 0) is 0 Å². The number of hydrogen-bond donors (Lipinski definition) is 2. The third kappa shape index (κ3) is 2.10. The van der Waals surface area contributed by atoms with E-state index in [1.807, 2.05) is 0 Å². The summed E-state index contributed by atoms with van der Waals surface area (Å²) in [6.07, 6.45) is 4.27. The van der Waals surface area contributed by atoms with Gasteiger partial charge in [-0.2, -0.15) is 4.98 Å². The van der Waals surface area contributed by atoms with E-state index in [-0.39, 0.29) is 16.7 Å². The molecule has 3 fully saturated rings. The van der Waals surface area contributed by atoms with Crippen molar-refractivity contribution in [3.8, 4) is 17.2 Å². The van der Waals surface area contributed by atoms with Gasteiger partial charge in [-0.3, -0.25) is 0 Å². The quantitative estimate of drug-likeness (QED) is 0.731. The zero-order valence-corrected chi connectivity index (χ0v) is 15.1. The van der Waals surface area contributed by atoms with Gasteiger partial charge in [-0.15, -0.1) is 0 Å². The van der Waals surface area contributed by atoms with E-state index in [0.29, 0.717) is 34.6 Å². The minimum atomic E-state index is 0.0595. The summed E-state index contributed by atoms with van der Waals surface area (Å²) in [5, 5.41) is 14.0. The summed E-state index contributed by atoms with van der Waals surface area (Å²) in [5.74, 6) is 0.545. The second kappa shape index (κ2) is 5.01. The van der Waals surface area contributed by atoms with Crippen LogP contribution < -0.4 is 10.2 Å². The summed E-state index contributed by atoms with van der Waals surface area (Å²) in [6.45, 7) is 8.46. The first-order valence-corrected chi connectivity index (χ1v) is 8.91. The third-order valence-electron chi connectivity index (χ3n) is 5.86. The van der Waals surface area contributed by atoms with Crippen molar-refractivity contribution in [1.82, 2.24) is 15.3 Å². The first-order chi connectivity index (χ1) is 12.4. The Bertz CT molecular complexity index is 965. The highest BCUT2D eigenvalue weighted by Crippen LogP contribution is 2.46. The molecule has 1 aromatic carbocycles. The average molecular weight is 354 g/mol. The Morgan fingerprint density at radius 2 is 2.15 bits per heavy atom. The highest BCUT2D eigenvalue weighted by Gasteiger charge is 2.56. The summed E-state index contributed by atoms with van der Waals surface area (Å²) < 4.78 is 11.5. The monoisotopic (exact) mass is 354 g/mol. The molecule has 0 aliphatic carbocycles. The Labute approximate surface area is 151 Å². The van der Waals surface area contributed by atoms with Crippen LogP contribution in [0.5, 0.6) is 5.75 Å². The van der Waals surface area contributed by atoms with E-state index in [0.717, 1.165) is 13.1 Å². The Hall–Kier alpha value is -2.54. The number of fused-ring (bicyclic) bond motifs is 3. The first-order valence-electron chi connectivity index (χ1n) is 8.91. The maximum absolute atomic E-state index is 10.2. The first kappa shape index (κ1) is 15.7. The highest BCUT2D eigenvalue weighted by atomic mass is 16.4. The molecule has 136 valence electrons. The fourth-order valence-electron chi connectivity index (χ4n) is 4.21. The molecule has 2 bridgehead atoms. The van der Waals surface area contributed by atoms with Crippen LogP contribution in [0.1, 0.15) is 27.2 Å². The van der Waals surface area contributed by atoms with Gasteiger partial charge in [0, 0.05) is 24.7 Å². The lowest BCUT2D eigenvalue weighted by molar-refractivity contribution is 0.00504. The van der Waals surface area contributed by atoms with Crippen molar-refractivity contribution in [2.24, 2.45) is 5.41 Å². The molecule has 2 unspecified atom stereocenters. The van der Waals surface area contributed by atoms with Crippen LogP contribution in [0.4, 0.5) is 6.01 Å². The molecule has 6 rings (SSSR count). The number of nitrogens with zero attached hydrogens (tertiary/aromatic N) is 3. The van der Waals surface area contributed by atoms with Gasteiger partial charge in [0.05, 0.1) is 11.8 Å². The van der Waals surface area contributed by atoms with Crippen molar-refractivity contribution < 1.29 is 13.9 Å². The van der Waals surface area contributed by atoms with Crippen molar-refractivity contribution in [3.63, 3.8) is 0 Å². The number of nitrogens with one attached hydrogen (secondary N) is 1. The van der Waals surface area contributed by atoms with Gasteiger partial charge in [0.2, 0.25) is 5.89 Å². The Morgan fingerprint density at radius 3 is 2.85 bits per heavy atom. The maximum atomic E-state index is 10.2. The number of aromatic hydroxyl groups is 1. The molecule has 0 spiro atoms. The molecule has 3 aliphatic rings. The average Bonchev–Trinajstić information content (AvgIpc) is 3.23. The molecule has 2 aromatic heterocycles. The van der Waals surface area contributed by atoms with Crippen molar-refractivity contribution >= 4 is 17.1 Å². The van der Waals surface area contributed by atoms with Gasteiger partial charge in [0.15, 0.2) is 11.1 Å². The van der Waals surface area contributed by atoms with Gasteiger partial charge in [-0.25, -0.2) is 4.98 Å². The summed E-state index contributed by atoms with van der Waals surface area (Å²) in [6, 6.07) is 4.32. The Balaban J connectivity index is 1.57. The van der Waals surface area contributed by atoms with E-state index in [9.17, 15) is 5.11 Å². The lowest BCUT2D eigenvalue weighted by Crippen LogP contribution is -2.80. The Morgan fingerprint density at radius 1 is 1.35 bits per heavy atom. The predicted molar refractivity (Wildman–Crippen MR) is 97.1 cm³/mol. The molecule has 7 nitrogen and oxygen atoms in total. The molecule has 2 atom stereocenters. The number of phenols is 1. The maximum Gasteiger partial charge on any atom is 0.298 e. The van der Waals surface area contributed by atoms with Gasteiger partial charge < -0.3 is 24.2 Å². The van der Waals surface area contributed by atoms with Crippen LogP contribution in [0.3, 0.4) is 0 Å². The zero-order chi connectivity index (χ0) is 18.1. The van der Waals surface area contributed by atoms with E-state index in [1.165, 1.54) is 12.7 Å².